The van der Waals surface area contributed by atoms with Gasteiger partial charge in [-0.2, -0.15) is 0 Å². The van der Waals surface area contributed by atoms with Gasteiger partial charge in [0.25, 0.3) is 5.91 Å². The highest BCUT2D eigenvalue weighted by Gasteiger charge is 2.31. The molecule has 118 valence electrons. The van der Waals surface area contributed by atoms with Crippen LogP contribution in [0.5, 0.6) is 0 Å². The molecule has 0 unspecified atom stereocenters. The van der Waals surface area contributed by atoms with Crippen molar-refractivity contribution in [1.82, 2.24) is 0 Å². The van der Waals surface area contributed by atoms with Crippen LogP contribution in [-0.4, -0.2) is 26.1 Å². The number of hydrogen-bond donors (Lipinski definition) is 0. The van der Waals surface area contributed by atoms with E-state index in [1.807, 2.05) is 6.07 Å². The van der Waals surface area contributed by atoms with Gasteiger partial charge in [0, 0.05) is 16.7 Å². The summed E-state index contributed by atoms with van der Waals surface area (Å²) >= 11 is 0. The molecule has 3 rings (SSSR count). The average Bonchev–Trinajstić information content (AvgIpc) is 2.89. The summed E-state index contributed by atoms with van der Waals surface area (Å²) in [5, 5.41) is 1.13. The van der Waals surface area contributed by atoms with Crippen LogP contribution in [0.1, 0.15) is 10.4 Å². The van der Waals surface area contributed by atoms with Gasteiger partial charge in [0.15, 0.2) is 9.84 Å². The number of sulfone groups is 1. The van der Waals surface area contributed by atoms with E-state index in [9.17, 15) is 17.6 Å². The summed E-state index contributed by atoms with van der Waals surface area (Å²) in [4.78, 5) is 14.3. The lowest BCUT2D eigenvalue weighted by atomic mass is 10.1. The van der Waals surface area contributed by atoms with Crippen molar-refractivity contribution in [3.63, 3.8) is 0 Å². The summed E-state index contributed by atoms with van der Waals surface area (Å²) in [7, 11) is -3.31. The average molecular weight is 331 g/mol. The van der Waals surface area contributed by atoms with Gasteiger partial charge in [-0.15, -0.1) is 0 Å². The van der Waals surface area contributed by atoms with Crippen LogP contribution in [0.25, 0.3) is 0 Å². The molecule has 0 saturated heterocycles. The summed E-state index contributed by atoms with van der Waals surface area (Å²) < 4.78 is 36.5. The van der Waals surface area contributed by atoms with Crippen molar-refractivity contribution < 1.29 is 17.6 Å². The summed E-state index contributed by atoms with van der Waals surface area (Å²) in [6, 6.07) is 13.4. The highest BCUT2D eigenvalue weighted by Crippen LogP contribution is 2.24. The number of anilines is 1. The van der Waals surface area contributed by atoms with Crippen LogP contribution in [0.4, 0.5) is 10.1 Å². The van der Waals surface area contributed by atoms with Gasteiger partial charge in [0.1, 0.15) is 5.82 Å². The fraction of sp³-hybridized carbons (Fsp3) is 0.118. The lowest BCUT2D eigenvalue weighted by Crippen LogP contribution is -2.41. The van der Waals surface area contributed by atoms with E-state index < -0.39 is 21.7 Å². The Morgan fingerprint density at radius 2 is 1.70 bits per heavy atom. The Morgan fingerprint density at radius 3 is 2.26 bits per heavy atom. The lowest BCUT2D eigenvalue weighted by molar-refractivity contribution is 0.0983. The van der Waals surface area contributed by atoms with Crippen molar-refractivity contribution in [2.45, 2.75) is 6.04 Å². The molecule has 1 amide bonds. The van der Waals surface area contributed by atoms with Crippen molar-refractivity contribution in [1.29, 1.82) is 0 Å². The van der Waals surface area contributed by atoms with Gasteiger partial charge in [-0.25, -0.2) is 12.8 Å². The lowest BCUT2D eigenvalue weighted by Gasteiger charge is -2.27. The zero-order chi connectivity index (χ0) is 16.4. The van der Waals surface area contributed by atoms with E-state index in [-0.39, 0.29) is 11.7 Å². The van der Waals surface area contributed by atoms with Gasteiger partial charge in [0.05, 0.1) is 11.8 Å². The van der Waals surface area contributed by atoms with E-state index in [2.05, 4.69) is 0 Å². The predicted molar refractivity (Wildman–Crippen MR) is 86.4 cm³/mol. The number of benzene rings is 2. The topological polar surface area (TPSA) is 54.5 Å². The van der Waals surface area contributed by atoms with Crippen LogP contribution < -0.4 is 4.90 Å². The third kappa shape index (κ3) is 3.32. The molecule has 4 nitrogen and oxygen atoms in total. The number of carbonyl (C=O) groups excluding carboxylic acids is 1. The summed E-state index contributed by atoms with van der Waals surface area (Å²) in [5.41, 5.74) is 0.890. The van der Waals surface area contributed by atoms with Crippen LogP contribution >= 0.6 is 0 Å². The molecule has 0 spiro atoms. The molecule has 2 aromatic rings. The Hall–Kier alpha value is -2.47. The zero-order valence-corrected chi connectivity index (χ0v) is 12.9. The minimum Gasteiger partial charge on any atom is -0.300 e. The van der Waals surface area contributed by atoms with Crippen molar-refractivity contribution >= 4 is 21.4 Å². The van der Waals surface area contributed by atoms with E-state index >= 15 is 0 Å². The number of halogens is 1. The van der Waals surface area contributed by atoms with Crippen LogP contribution in [0, 0.1) is 5.82 Å². The van der Waals surface area contributed by atoms with E-state index in [0.717, 1.165) is 5.41 Å². The highest BCUT2D eigenvalue weighted by molar-refractivity contribution is 7.94. The Kier molecular flexibility index (Phi) is 4.00. The van der Waals surface area contributed by atoms with Crippen LogP contribution in [0.15, 0.2) is 66.1 Å². The molecular formula is C17H14FNO3S. The first-order chi connectivity index (χ1) is 11.0. The van der Waals surface area contributed by atoms with E-state index in [1.54, 1.807) is 24.3 Å². The molecule has 1 aliphatic rings. The number of nitrogens with zero attached hydrogens (tertiary/aromatic N) is 1. The zero-order valence-electron chi connectivity index (χ0n) is 12.1. The second kappa shape index (κ2) is 5.96. The SMILES string of the molecule is O=C(c1ccc(F)cc1)N(c1ccccc1)[C@H]1C=CS(=O)(=O)C1. The second-order valence-corrected chi connectivity index (χ2v) is 7.17. The third-order valence-electron chi connectivity index (χ3n) is 3.59. The summed E-state index contributed by atoms with van der Waals surface area (Å²) in [6.45, 7) is 0. The molecular weight excluding hydrogens is 317 g/mol. The molecule has 0 N–H and O–H groups in total. The highest BCUT2D eigenvalue weighted by atomic mass is 32.2. The number of rotatable bonds is 3. The molecule has 1 atom stereocenters. The molecule has 0 radical (unpaired) electrons. The molecule has 0 saturated carbocycles. The van der Waals surface area contributed by atoms with Crippen LogP contribution in [-0.2, 0) is 9.84 Å². The number of para-hydroxylation sites is 1. The van der Waals surface area contributed by atoms with Gasteiger partial charge >= 0.3 is 0 Å². The van der Waals surface area contributed by atoms with E-state index in [0.29, 0.717) is 11.3 Å². The Morgan fingerprint density at radius 1 is 1.04 bits per heavy atom. The quantitative estimate of drug-likeness (QED) is 0.869. The van der Waals surface area contributed by atoms with Gasteiger partial charge in [-0.05, 0) is 42.5 Å². The van der Waals surface area contributed by atoms with Crippen molar-refractivity contribution in [3.05, 3.63) is 77.5 Å². The first-order valence-electron chi connectivity index (χ1n) is 7.01. The summed E-state index contributed by atoms with van der Waals surface area (Å²) in [6.07, 6.45) is 1.50. The van der Waals surface area contributed by atoms with Crippen LogP contribution in [0.2, 0.25) is 0 Å². The number of hydrogen-bond acceptors (Lipinski definition) is 3. The molecule has 0 aromatic heterocycles. The summed E-state index contributed by atoms with van der Waals surface area (Å²) in [5.74, 6) is -0.964. The Labute approximate surface area is 133 Å². The molecule has 0 fully saturated rings. The fourth-order valence-electron chi connectivity index (χ4n) is 2.50. The molecule has 2 aromatic carbocycles. The maximum absolute atomic E-state index is 13.1. The van der Waals surface area contributed by atoms with Gasteiger partial charge < -0.3 is 4.90 Å². The normalized spacial score (nSPS) is 18.7. The smallest absolute Gasteiger partial charge is 0.258 e. The molecule has 0 bridgehead atoms. The van der Waals surface area contributed by atoms with Crippen LogP contribution in [0.3, 0.4) is 0 Å². The molecule has 1 heterocycles. The van der Waals surface area contributed by atoms with Gasteiger partial charge in [-0.3, -0.25) is 4.79 Å². The number of carbonyl (C=O) groups is 1. The first-order valence-corrected chi connectivity index (χ1v) is 8.73. The number of amides is 1. The first kappa shape index (κ1) is 15.4. The Bertz CT molecular complexity index is 845. The monoisotopic (exact) mass is 331 g/mol. The van der Waals surface area contributed by atoms with E-state index in [4.69, 9.17) is 0 Å². The standard InChI is InChI=1S/C17H14FNO3S/c18-14-8-6-13(7-9-14)17(20)19(15-4-2-1-3-5-15)16-10-11-23(21,22)12-16/h1-11,16H,12H2/t16-/m0/s1. The third-order valence-corrected chi connectivity index (χ3v) is 4.97. The maximum atomic E-state index is 13.1. The molecule has 23 heavy (non-hydrogen) atoms. The van der Waals surface area contributed by atoms with E-state index in [1.165, 1.54) is 35.2 Å². The largest absolute Gasteiger partial charge is 0.300 e. The Balaban J connectivity index is 2.00. The molecule has 1 aliphatic heterocycles. The minimum absolute atomic E-state index is 0.158. The molecule has 0 aliphatic carbocycles. The van der Waals surface area contributed by atoms with Crippen molar-refractivity contribution in [3.8, 4) is 0 Å². The fourth-order valence-corrected chi connectivity index (χ4v) is 3.77. The van der Waals surface area contributed by atoms with Crippen molar-refractivity contribution in [2.24, 2.45) is 0 Å². The van der Waals surface area contributed by atoms with Crippen molar-refractivity contribution in [2.75, 3.05) is 10.7 Å². The van der Waals surface area contributed by atoms with Gasteiger partial charge in [0.2, 0.25) is 0 Å². The van der Waals surface area contributed by atoms with Gasteiger partial charge in [-0.1, -0.05) is 18.2 Å². The molecule has 6 heteroatoms. The minimum atomic E-state index is -3.31. The maximum Gasteiger partial charge on any atom is 0.258 e. The second-order valence-electron chi connectivity index (χ2n) is 5.24. The predicted octanol–water partition coefficient (Wildman–Crippen LogP) is 2.78.